The second kappa shape index (κ2) is 9.42. The van der Waals surface area contributed by atoms with Crippen LogP contribution >= 0.6 is 0 Å². The molecule has 3 rings (SSSR count). The van der Waals surface area contributed by atoms with Crippen LogP contribution in [0.1, 0.15) is 101 Å². The van der Waals surface area contributed by atoms with Crippen molar-refractivity contribution in [3.05, 3.63) is 35.4 Å². The van der Waals surface area contributed by atoms with E-state index in [1.807, 2.05) is 12.1 Å². The van der Waals surface area contributed by atoms with Gasteiger partial charge in [-0.25, -0.2) is 0 Å². The standard InChI is InChI=1S/C24H35N/c1-2-19-6-8-20(9-7-19)4-3-5-21-10-14-23(15-11-21)24-16-12-22(18-25)13-17-24/h12-13,16-17,19-21,23H,2-11,14-15H2,1H3. The Hall–Kier alpha value is -1.29. The molecule has 0 bridgehead atoms. The van der Waals surface area contributed by atoms with Crippen LogP contribution in [0.4, 0.5) is 0 Å². The molecule has 2 aliphatic carbocycles. The van der Waals surface area contributed by atoms with Crippen LogP contribution in [0.2, 0.25) is 0 Å². The topological polar surface area (TPSA) is 23.8 Å². The molecule has 0 aromatic heterocycles. The monoisotopic (exact) mass is 337 g/mol. The van der Waals surface area contributed by atoms with Crippen LogP contribution in [0.25, 0.3) is 0 Å². The number of hydrogen-bond donors (Lipinski definition) is 0. The minimum atomic E-state index is 0.730. The van der Waals surface area contributed by atoms with Gasteiger partial charge in [0.05, 0.1) is 11.6 Å². The SMILES string of the molecule is CCC1CCC(CCCC2CCC(c3ccc(C#N)cc3)CC2)CC1. The molecule has 0 heterocycles. The van der Waals surface area contributed by atoms with Crippen molar-refractivity contribution in [2.45, 2.75) is 89.9 Å². The zero-order chi connectivity index (χ0) is 17.5. The van der Waals surface area contributed by atoms with E-state index in [1.165, 1.54) is 82.6 Å². The van der Waals surface area contributed by atoms with E-state index in [2.05, 4.69) is 25.1 Å². The molecule has 0 unspecified atom stereocenters. The van der Waals surface area contributed by atoms with E-state index >= 15 is 0 Å². The molecule has 25 heavy (non-hydrogen) atoms. The highest BCUT2D eigenvalue weighted by atomic mass is 14.3. The third-order valence-corrected chi connectivity index (χ3v) is 7.13. The molecular weight excluding hydrogens is 302 g/mol. The van der Waals surface area contributed by atoms with Crippen molar-refractivity contribution in [3.8, 4) is 6.07 Å². The minimum absolute atomic E-state index is 0.730. The van der Waals surface area contributed by atoms with Crippen LogP contribution in [0.15, 0.2) is 24.3 Å². The lowest BCUT2D eigenvalue weighted by atomic mass is 9.75. The van der Waals surface area contributed by atoms with E-state index in [0.717, 1.165) is 29.2 Å². The molecule has 0 saturated heterocycles. The molecule has 136 valence electrons. The van der Waals surface area contributed by atoms with Gasteiger partial charge in [0.2, 0.25) is 0 Å². The van der Waals surface area contributed by atoms with Crippen molar-refractivity contribution in [2.75, 3.05) is 0 Å². The van der Waals surface area contributed by atoms with Gasteiger partial charge in [0, 0.05) is 0 Å². The molecule has 2 saturated carbocycles. The van der Waals surface area contributed by atoms with Crippen LogP contribution in [0, 0.1) is 29.1 Å². The maximum absolute atomic E-state index is 8.93. The zero-order valence-corrected chi connectivity index (χ0v) is 16.1. The third kappa shape index (κ3) is 5.34. The Morgan fingerprint density at radius 2 is 1.32 bits per heavy atom. The lowest BCUT2D eigenvalue weighted by Crippen LogP contribution is -2.16. The first-order valence-corrected chi connectivity index (χ1v) is 10.8. The quantitative estimate of drug-likeness (QED) is 0.537. The molecule has 1 aromatic carbocycles. The van der Waals surface area contributed by atoms with E-state index in [1.54, 1.807) is 0 Å². The highest BCUT2D eigenvalue weighted by molar-refractivity contribution is 5.33. The first-order valence-electron chi connectivity index (χ1n) is 10.8. The molecule has 0 atom stereocenters. The predicted octanol–water partition coefficient (Wildman–Crippen LogP) is 7.22. The maximum atomic E-state index is 8.93. The number of nitriles is 1. The number of benzene rings is 1. The first kappa shape index (κ1) is 18.5. The van der Waals surface area contributed by atoms with Crippen LogP contribution < -0.4 is 0 Å². The van der Waals surface area contributed by atoms with E-state index in [4.69, 9.17) is 5.26 Å². The Balaban J connectivity index is 1.33. The third-order valence-electron chi connectivity index (χ3n) is 7.13. The Morgan fingerprint density at radius 3 is 1.84 bits per heavy atom. The molecule has 0 spiro atoms. The highest BCUT2D eigenvalue weighted by Crippen LogP contribution is 2.39. The van der Waals surface area contributed by atoms with Crippen molar-refractivity contribution < 1.29 is 0 Å². The molecule has 1 heteroatoms. The fourth-order valence-corrected chi connectivity index (χ4v) is 5.24. The molecule has 0 aliphatic heterocycles. The summed E-state index contributed by atoms with van der Waals surface area (Å²) in [7, 11) is 0. The van der Waals surface area contributed by atoms with Gasteiger partial charge in [-0.05, 0) is 67.1 Å². The second-order valence-corrected chi connectivity index (χ2v) is 8.68. The van der Waals surface area contributed by atoms with Crippen LogP contribution in [-0.4, -0.2) is 0 Å². The fourth-order valence-electron chi connectivity index (χ4n) is 5.24. The number of hydrogen-bond acceptors (Lipinski definition) is 1. The van der Waals surface area contributed by atoms with Crippen molar-refractivity contribution in [1.29, 1.82) is 5.26 Å². The minimum Gasteiger partial charge on any atom is -0.192 e. The van der Waals surface area contributed by atoms with Gasteiger partial charge in [0.15, 0.2) is 0 Å². The number of rotatable bonds is 6. The average molecular weight is 338 g/mol. The number of nitrogens with zero attached hydrogens (tertiary/aromatic N) is 1. The van der Waals surface area contributed by atoms with Gasteiger partial charge < -0.3 is 0 Å². The summed E-state index contributed by atoms with van der Waals surface area (Å²) in [5.41, 5.74) is 2.23. The van der Waals surface area contributed by atoms with Gasteiger partial charge in [0.25, 0.3) is 0 Å². The van der Waals surface area contributed by atoms with E-state index in [9.17, 15) is 0 Å². The highest BCUT2D eigenvalue weighted by Gasteiger charge is 2.23. The Kier molecular flexibility index (Phi) is 6.97. The average Bonchev–Trinajstić information content (AvgIpc) is 2.69. The predicted molar refractivity (Wildman–Crippen MR) is 105 cm³/mol. The molecule has 0 N–H and O–H groups in total. The van der Waals surface area contributed by atoms with E-state index in [-0.39, 0.29) is 0 Å². The lowest BCUT2D eigenvalue weighted by molar-refractivity contribution is 0.241. The molecule has 2 fully saturated rings. The summed E-state index contributed by atoms with van der Waals surface area (Å²) in [6.07, 6.45) is 17.3. The van der Waals surface area contributed by atoms with Gasteiger partial charge in [-0.1, -0.05) is 70.4 Å². The molecule has 0 amide bonds. The van der Waals surface area contributed by atoms with Gasteiger partial charge in [0.1, 0.15) is 0 Å². The molecular formula is C24H35N. The van der Waals surface area contributed by atoms with Crippen molar-refractivity contribution >= 4 is 0 Å². The lowest BCUT2D eigenvalue weighted by Gasteiger charge is -2.30. The summed E-state index contributed by atoms with van der Waals surface area (Å²) in [5.74, 6) is 3.78. The summed E-state index contributed by atoms with van der Waals surface area (Å²) < 4.78 is 0. The van der Waals surface area contributed by atoms with Gasteiger partial charge >= 0.3 is 0 Å². The van der Waals surface area contributed by atoms with Gasteiger partial charge in [-0.3, -0.25) is 0 Å². The molecule has 1 aromatic rings. The summed E-state index contributed by atoms with van der Waals surface area (Å²) >= 11 is 0. The van der Waals surface area contributed by atoms with E-state index < -0.39 is 0 Å². The summed E-state index contributed by atoms with van der Waals surface area (Å²) in [5, 5.41) is 8.93. The zero-order valence-electron chi connectivity index (χ0n) is 16.1. The Bertz CT molecular complexity index is 536. The van der Waals surface area contributed by atoms with Crippen LogP contribution in [0.3, 0.4) is 0 Å². The fraction of sp³-hybridized carbons (Fsp3) is 0.708. The van der Waals surface area contributed by atoms with Crippen molar-refractivity contribution in [1.82, 2.24) is 0 Å². The van der Waals surface area contributed by atoms with Crippen LogP contribution in [0.5, 0.6) is 0 Å². The van der Waals surface area contributed by atoms with E-state index in [0.29, 0.717) is 0 Å². The maximum Gasteiger partial charge on any atom is 0.0991 e. The summed E-state index contributed by atoms with van der Waals surface area (Å²) in [4.78, 5) is 0. The Morgan fingerprint density at radius 1 is 0.800 bits per heavy atom. The first-order chi connectivity index (χ1) is 12.3. The second-order valence-electron chi connectivity index (χ2n) is 8.68. The largest absolute Gasteiger partial charge is 0.192 e. The normalized spacial score (nSPS) is 29.9. The van der Waals surface area contributed by atoms with Crippen LogP contribution in [-0.2, 0) is 0 Å². The van der Waals surface area contributed by atoms with Gasteiger partial charge in [-0.2, -0.15) is 5.26 Å². The smallest absolute Gasteiger partial charge is 0.0991 e. The molecule has 1 nitrogen and oxygen atoms in total. The summed E-state index contributed by atoms with van der Waals surface area (Å²) in [6.45, 7) is 2.36. The van der Waals surface area contributed by atoms with Gasteiger partial charge in [-0.15, -0.1) is 0 Å². The molecule has 2 aliphatic rings. The molecule has 0 radical (unpaired) electrons. The Labute approximate surface area is 154 Å². The summed E-state index contributed by atoms with van der Waals surface area (Å²) in [6, 6.07) is 10.5. The van der Waals surface area contributed by atoms with Crippen molar-refractivity contribution in [3.63, 3.8) is 0 Å². The van der Waals surface area contributed by atoms with Crippen molar-refractivity contribution in [2.24, 2.45) is 17.8 Å².